The summed E-state index contributed by atoms with van der Waals surface area (Å²) >= 11 is 0. The third-order valence-corrected chi connectivity index (χ3v) is 4.02. The summed E-state index contributed by atoms with van der Waals surface area (Å²) < 4.78 is 10.8. The van der Waals surface area contributed by atoms with E-state index >= 15 is 0 Å². The number of nitrogens with zero attached hydrogens (tertiary/aromatic N) is 1. The van der Waals surface area contributed by atoms with Gasteiger partial charge in [-0.3, -0.25) is 4.90 Å². The van der Waals surface area contributed by atoms with Gasteiger partial charge in [-0.05, 0) is 32.4 Å². The average molecular weight is 303 g/mol. The van der Waals surface area contributed by atoms with Crippen molar-refractivity contribution >= 4 is 16.9 Å². The standard InChI is InChI=1S/C17H21NO4/c1-2-21-17(20)16-14(11-18-9-5-6-12(19)10-18)13-7-3-4-8-15(13)22-16/h3-4,7-8,12,19H,2,5-6,9-11H2,1H3. The number of aliphatic hydroxyl groups excluding tert-OH is 1. The van der Waals surface area contributed by atoms with E-state index in [1.165, 1.54) is 0 Å². The van der Waals surface area contributed by atoms with Crippen LogP contribution in [0.3, 0.4) is 0 Å². The van der Waals surface area contributed by atoms with Crippen LogP contribution in [-0.2, 0) is 11.3 Å². The van der Waals surface area contributed by atoms with Crippen molar-refractivity contribution < 1.29 is 19.1 Å². The Morgan fingerprint density at radius 3 is 3.05 bits per heavy atom. The number of fused-ring (bicyclic) bond motifs is 1. The van der Waals surface area contributed by atoms with Crippen molar-refractivity contribution in [1.82, 2.24) is 4.90 Å². The number of hydrogen-bond acceptors (Lipinski definition) is 5. The highest BCUT2D eigenvalue weighted by Gasteiger charge is 2.25. The van der Waals surface area contributed by atoms with Gasteiger partial charge in [-0.25, -0.2) is 4.79 Å². The van der Waals surface area contributed by atoms with Gasteiger partial charge in [-0.2, -0.15) is 0 Å². The molecule has 3 rings (SSSR count). The van der Waals surface area contributed by atoms with Gasteiger partial charge in [0.2, 0.25) is 5.76 Å². The molecule has 5 heteroatoms. The van der Waals surface area contributed by atoms with E-state index in [2.05, 4.69) is 4.90 Å². The van der Waals surface area contributed by atoms with E-state index in [9.17, 15) is 9.90 Å². The van der Waals surface area contributed by atoms with Gasteiger partial charge in [0.1, 0.15) is 5.58 Å². The summed E-state index contributed by atoms with van der Waals surface area (Å²) in [6, 6.07) is 7.63. The summed E-state index contributed by atoms with van der Waals surface area (Å²) in [7, 11) is 0. The Morgan fingerprint density at radius 1 is 1.45 bits per heavy atom. The first-order valence-electron chi connectivity index (χ1n) is 7.77. The molecule has 0 radical (unpaired) electrons. The molecular weight excluding hydrogens is 282 g/mol. The fraction of sp³-hybridized carbons (Fsp3) is 0.471. The highest BCUT2D eigenvalue weighted by Crippen LogP contribution is 2.28. The fourth-order valence-electron chi connectivity index (χ4n) is 3.02. The lowest BCUT2D eigenvalue weighted by molar-refractivity contribution is 0.0483. The zero-order valence-electron chi connectivity index (χ0n) is 12.7. The molecule has 0 bridgehead atoms. The predicted molar refractivity (Wildman–Crippen MR) is 82.7 cm³/mol. The molecule has 1 unspecified atom stereocenters. The van der Waals surface area contributed by atoms with Crippen molar-refractivity contribution in [1.29, 1.82) is 0 Å². The lowest BCUT2D eigenvalue weighted by atomic mass is 10.1. The second-order valence-electron chi connectivity index (χ2n) is 5.66. The number of piperidine rings is 1. The molecule has 0 aliphatic carbocycles. The third-order valence-electron chi connectivity index (χ3n) is 4.02. The molecule has 1 N–H and O–H groups in total. The van der Waals surface area contributed by atoms with Crippen LogP contribution in [0.1, 0.15) is 35.9 Å². The Hall–Kier alpha value is -1.85. The van der Waals surface area contributed by atoms with Gasteiger partial charge in [-0.15, -0.1) is 0 Å². The molecule has 5 nitrogen and oxygen atoms in total. The third kappa shape index (κ3) is 3.00. The van der Waals surface area contributed by atoms with Crippen LogP contribution in [0.4, 0.5) is 0 Å². The van der Waals surface area contributed by atoms with Crippen LogP contribution >= 0.6 is 0 Å². The molecule has 118 valence electrons. The Bertz CT molecular complexity index is 664. The SMILES string of the molecule is CCOC(=O)c1oc2ccccc2c1CN1CCCC(O)C1. The van der Waals surface area contributed by atoms with Crippen molar-refractivity contribution in [2.75, 3.05) is 19.7 Å². The highest BCUT2D eigenvalue weighted by atomic mass is 16.5. The Balaban J connectivity index is 1.94. The second kappa shape index (κ2) is 6.50. The predicted octanol–water partition coefficient (Wildman–Crippen LogP) is 2.57. The molecule has 2 aromatic rings. The summed E-state index contributed by atoms with van der Waals surface area (Å²) in [4.78, 5) is 14.3. The van der Waals surface area contributed by atoms with Gasteiger partial charge < -0.3 is 14.3 Å². The first-order chi connectivity index (χ1) is 10.7. The van der Waals surface area contributed by atoms with Crippen LogP contribution in [0.25, 0.3) is 11.0 Å². The van der Waals surface area contributed by atoms with Gasteiger partial charge >= 0.3 is 5.97 Å². The fourth-order valence-corrected chi connectivity index (χ4v) is 3.02. The molecule has 1 aliphatic rings. The smallest absolute Gasteiger partial charge is 0.374 e. The number of benzene rings is 1. The van der Waals surface area contributed by atoms with Crippen LogP contribution in [0.2, 0.25) is 0 Å². The maximum atomic E-state index is 12.2. The van der Waals surface area contributed by atoms with E-state index in [0.717, 1.165) is 30.3 Å². The summed E-state index contributed by atoms with van der Waals surface area (Å²) in [5.74, 6) is -0.144. The number of carbonyl (C=O) groups is 1. The molecule has 1 saturated heterocycles. The van der Waals surface area contributed by atoms with Gasteiger partial charge in [0.25, 0.3) is 0 Å². The number of carbonyl (C=O) groups excluding carboxylic acids is 1. The number of rotatable bonds is 4. The maximum absolute atomic E-state index is 12.2. The number of hydrogen-bond donors (Lipinski definition) is 1. The van der Waals surface area contributed by atoms with Gasteiger partial charge in [0.15, 0.2) is 0 Å². The van der Waals surface area contributed by atoms with Crippen molar-refractivity contribution in [3.05, 3.63) is 35.6 Å². The zero-order chi connectivity index (χ0) is 15.5. The summed E-state index contributed by atoms with van der Waals surface area (Å²) in [5, 5.41) is 10.8. The molecule has 0 amide bonds. The van der Waals surface area contributed by atoms with Crippen molar-refractivity contribution in [2.24, 2.45) is 0 Å². The summed E-state index contributed by atoms with van der Waals surface area (Å²) in [5.41, 5.74) is 1.54. The van der Waals surface area contributed by atoms with E-state index in [0.29, 0.717) is 25.3 Å². The number of para-hydroxylation sites is 1. The quantitative estimate of drug-likeness (QED) is 0.880. The first kappa shape index (κ1) is 15.1. The van der Waals surface area contributed by atoms with E-state index in [-0.39, 0.29) is 11.9 Å². The molecule has 2 heterocycles. The van der Waals surface area contributed by atoms with Gasteiger partial charge in [-0.1, -0.05) is 18.2 Å². The number of β-amino-alcohol motifs (C(OH)–C–C–N with tert-alkyl or cyclic N) is 1. The molecular formula is C17H21NO4. The molecule has 1 atom stereocenters. The van der Waals surface area contributed by atoms with Gasteiger partial charge in [0, 0.05) is 24.0 Å². The van der Waals surface area contributed by atoms with Crippen LogP contribution in [0.15, 0.2) is 28.7 Å². The van der Waals surface area contributed by atoms with Gasteiger partial charge in [0.05, 0.1) is 12.7 Å². The van der Waals surface area contributed by atoms with Crippen LogP contribution in [0.5, 0.6) is 0 Å². The number of esters is 1. The van der Waals surface area contributed by atoms with E-state index in [4.69, 9.17) is 9.15 Å². The van der Waals surface area contributed by atoms with Crippen LogP contribution in [0, 0.1) is 0 Å². The summed E-state index contributed by atoms with van der Waals surface area (Å²) in [6.07, 6.45) is 1.51. The monoisotopic (exact) mass is 303 g/mol. The summed E-state index contributed by atoms with van der Waals surface area (Å²) in [6.45, 7) is 4.22. The highest BCUT2D eigenvalue weighted by molar-refractivity contribution is 5.96. The minimum absolute atomic E-state index is 0.281. The van der Waals surface area contributed by atoms with Crippen LogP contribution in [-0.4, -0.2) is 41.8 Å². The van der Waals surface area contributed by atoms with Crippen molar-refractivity contribution in [3.8, 4) is 0 Å². The topological polar surface area (TPSA) is 62.9 Å². The Morgan fingerprint density at radius 2 is 2.27 bits per heavy atom. The number of ether oxygens (including phenoxy) is 1. The molecule has 0 spiro atoms. The number of likely N-dealkylation sites (tertiary alicyclic amines) is 1. The molecule has 22 heavy (non-hydrogen) atoms. The maximum Gasteiger partial charge on any atom is 0.374 e. The van der Waals surface area contributed by atoms with Crippen molar-refractivity contribution in [2.45, 2.75) is 32.4 Å². The largest absolute Gasteiger partial charge is 0.460 e. The minimum atomic E-state index is -0.425. The molecule has 0 saturated carbocycles. The van der Waals surface area contributed by atoms with E-state index in [1.807, 2.05) is 24.3 Å². The number of aliphatic hydroxyl groups is 1. The Kier molecular flexibility index (Phi) is 4.45. The first-order valence-corrected chi connectivity index (χ1v) is 7.77. The normalized spacial score (nSPS) is 19.5. The molecule has 1 fully saturated rings. The molecule has 1 aromatic heterocycles. The average Bonchev–Trinajstić information content (AvgIpc) is 2.87. The molecule has 1 aliphatic heterocycles. The lowest BCUT2D eigenvalue weighted by Gasteiger charge is -2.29. The van der Waals surface area contributed by atoms with E-state index in [1.54, 1.807) is 6.92 Å². The minimum Gasteiger partial charge on any atom is -0.460 e. The van der Waals surface area contributed by atoms with Crippen molar-refractivity contribution in [3.63, 3.8) is 0 Å². The van der Waals surface area contributed by atoms with E-state index < -0.39 is 5.97 Å². The lowest BCUT2D eigenvalue weighted by Crippen LogP contribution is -2.37. The van der Waals surface area contributed by atoms with Crippen LogP contribution < -0.4 is 0 Å². The second-order valence-corrected chi connectivity index (χ2v) is 5.66. The zero-order valence-corrected chi connectivity index (χ0v) is 12.7. The number of furan rings is 1. The molecule has 1 aromatic carbocycles. The Labute approximate surface area is 129 Å².